The van der Waals surface area contributed by atoms with Crippen LogP contribution in [0, 0.1) is 5.92 Å². The molecule has 2 heterocycles. The molecule has 1 aliphatic heterocycles. The van der Waals surface area contributed by atoms with E-state index in [0.717, 1.165) is 25.3 Å². The van der Waals surface area contributed by atoms with Crippen molar-refractivity contribution in [2.45, 2.75) is 57.3 Å². The Morgan fingerprint density at radius 2 is 2.08 bits per heavy atom. The van der Waals surface area contributed by atoms with Crippen molar-refractivity contribution in [3.63, 3.8) is 0 Å². The maximum absolute atomic E-state index is 12.6. The van der Waals surface area contributed by atoms with Crippen LogP contribution in [0.15, 0.2) is 12.3 Å². The van der Waals surface area contributed by atoms with Gasteiger partial charge in [0.15, 0.2) is 5.69 Å². The SMILES string of the molecule is CCC[C@H]1C[C@H]1NC(=O)N1CCC(n2ccc(C(F)(F)F)n2)CC1. The molecule has 5 nitrogen and oxygen atoms in total. The zero-order valence-corrected chi connectivity index (χ0v) is 13.7. The Balaban J connectivity index is 1.47. The summed E-state index contributed by atoms with van der Waals surface area (Å²) >= 11 is 0. The summed E-state index contributed by atoms with van der Waals surface area (Å²) in [5.74, 6) is 0.612. The Kier molecular flexibility index (Phi) is 4.73. The highest BCUT2D eigenvalue weighted by molar-refractivity contribution is 5.75. The average Bonchev–Trinajstić information content (AvgIpc) is 3.07. The normalized spacial score (nSPS) is 24.9. The molecule has 1 saturated heterocycles. The highest BCUT2D eigenvalue weighted by Gasteiger charge is 2.38. The summed E-state index contributed by atoms with van der Waals surface area (Å²) in [6.45, 7) is 3.23. The number of carbonyl (C=O) groups excluding carboxylic acids is 1. The summed E-state index contributed by atoms with van der Waals surface area (Å²) in [4.78, 5) is 14.0. The lowest BCUT2D eigenvalue weighted by Crippen LogP contribution is -2.45. The second-order valence-corrected chi connectivity index (χ2v) is 6.74. The van der Waals surface area contributed by atoms with E-state index in [9.17, 15) is 18.0 Å². The summed E-state index contributed by atoms with van der Waals surface area (Å²) in [6, 6.07) is 1.17. The van der Waals surface area contributed by atoms with Gasteiger partial charge >= 0.3 is 12.2 Å². The van der Waals surface area contributed by atoms with E-state index in [1.54, 1.807) is 4.90 Å². The number of piperidine rings is 1. The molecule has 0 unspecified atom stereocenters. The second-order valence-electron chi connectivity index (χ2n) is 6.74. The molecule has 1 aromatic heterocycles. The molecule has 1 aliphatic carbocycles. The molecular weight excluding hydrogens is 321 g/mol. The van der Waals surface area contributed by atoms with Gasteiger partial charge in [0.1, 0.15) is 0 Å². The molecule has 0 radical (unpaired) electrons. The number of nitrogens with one attached hydrogen (secondary N) is 1. The van der Waals surface area contributed by atoms with E-state index in [0.29, 0.717) is 37.9 Å². The Morgan fingerprint density at radius 3 is 2.67 bits per heavy atom. The van der Waals surface area contributed by atoms with E-state index in [-0.39, 0.29) is 12.1 Å². The van der Waals surface area contributed by atoms with Crippen molar-refractivity contribution in [1.82, 2.24) is 20.0 Å². The first kappa shape index (κ1) is 17.1. The van der Waals surface area contributed by atoms with Crippen LogP contribution in [0.2, 0.25) is 0 Å². The van der Waals surface area contributed by atoms with E-state index in [1.165, 1.54) is 10.9 Å². The van der Waals surface area contributed by atoms with Gasteiger partial charge in [-0.2, -0.15) is 18.3 Å². The number of urea groups is 1. The minimum Gasteiger partial charge on any atom is -0.335 e. The maximum atomic E-state index is 12.6. The van der Waals surface area contributed by atoms with Crippen molar-refractivity contribution in [2.75, 3.05) is 13.1 Å². The molecular formula is C16H23F3N4O. The Hall–Kier alpha value is -1.73. The standard InChI is InChI=1S/C16H23F3N4O/c1-2-3-11-10-13(11)20-15(24)22-7-4-12(5-8-22)23-9-6-14(21-23)16(17,18)19/h6,9,11-13H,2-5,7-8,10H2,1H3,(H,20,24)/t11-,13+/m0/s1. The number of alkyl halides is 3. The average molecular weight is 344 g/mol. The molecule has 1 aromatic rings. The van der Waals surface area contributed by atoms with Crippen LogP contribution < -0.4 is 5.32 Å². The smallest absolute Gasteiger partial charge is 0.335 e. The van der Waals surface area contributed by atoms with Crippen molar-refractivity contribution < 1.29 is 18.0 Å². The first-order valence-corrected chi connectivity index (χ1v) is 8.56. The van der Waals surface area contributed by atoms with Gasteiger partial charge in [0.2, 0.25) is 0 Å². The minimum absolute atomic E-state index is 0.0477. The first-order chi connectivity index (χ1) is 11.4. The number of halogens is 3. The molecule has 1 saturated carbocycles. The zero-order valence-electron chi connectivity index (χ0n) is 13.7. The van der Waals surface area contributed by atoms with Gasteiger partial charge in [-0.25, -0.2) is 4.79 Å². The predicted octanol–water partition coefficient (Wildman–Crippen LogP) is 3.44. The Bertz CT molecular complexity index is 578. The van der Waals surface area contributed by atoms with E-state index < -0.39 is 11.9 Å². The summed E-state index contributed by atoms with van der Waals surface area (Å²) in [6.07, 6.45) is 1.54. The van der Waals surface area contributed by atoms with E-state index in [4.69, 9.17) is 0 Å². The van der Waals surface area contributed by atoms with Gasteiger partial charge in [-0.05, 0) is 37.7 Å². The fraction of sp³-hybridized carbons (Fsp3) is 0.750. The van der Waals surface area contributed by atoms with Crippen molar-refractivity contribution in [2.24, 2.45) is 5.92 Å². The first-order valence-electron chi connectivity index (χ1n) is 8.56. The number of hydrogen-bond donors (Lipinski definition) is 1. The quantitative estimate of drug-likeness (QED) is 0.910. The molecule has 8 heteroatoms. The van der Waals surface area contributed by atoms with Crippen LogP contribution in [0.3, 0.4) is 0 Å². The molecule has 2 amide bonds. The monoisotopic (exact) mass is 344 g/mol. The Labute approximate surface area is 139 Å². The largest absolute Gasteiger partial charge is 0.435 e. The molecule has 0 aromatic carbocycles. The third-order valence-corrected chi connectivity index (χ3v) is 4.92. The molecule has 2 atom stereocenters. The lowest BCUT2D eigenvalue weighted by Gasteiger charge is -2.32. The van der Waals surface area contributed by atoms with Gasteiger partial charge in [0.05, 0.1) is 6.04 Å². The molecule has 2 aliphatic rings. The van der Waals surface area contributed by atoms with Gasteiger partial charge in [-0.3, -0.25) is 4.68 Å². The number of aromatic nitrogens is 2. The minimum atomic E-state index is -4.41. The van der Waals surface area contributed by atoms with Gasteiger partial charge in [-0.15, -0.1) is 0 Å². The summed E-state index contributed by atoms with van der Waals surface area (Å²) in [5, 5.41) is 6.69. The van der Waals surface area contributed by atoms with Crippen LogP contribution >= 0.6 is 0 Å². The number of carbonyl (C=O) groups is 1. The van der Waals surface area contributed by atoms with Crippen LogP contribution in [-0.4, -0.2) is 39.8 Å². The van der Waals surface area contributed by atoms with E-state index >= 15 is 0 Å². The van der Waals surface area contributed by atoms with Crippen LogP contribution in [0.4, 0.5) is 18.0 Å². The molecule has 3 rings (SSSR count). The fourth-order valence-corrected chi connectivity index (χ4v) is 3.39. The number of likely N-dealkylation sites (tertiary alicyclic amines) is 1. The molecule has 1 N–H and O–H groups in total. The van der Waals surface area contributed by atoms with Crippen LogP contribution in [0.25, 0.3) is 0 Å². The Morgan fingerprint density at radius 1 is 1.38 bits per heavy atom. The van der Waals surface area contributed by atoms with Gasteiger partial charge in [-0.1, -0.05) is 13.3 Å². The van der Waals surface area contributed by atoms with Crippen molar-refractivity contribution in [3.8, 4) is 0 Å². The lowest BCUT2D eigenvalue weighted by atomic mass is 10.1. The van der Waals surface area contributed by atoms with Crippen LogP contribution in [0.1, 0.15) is 50.8 Å². The predicted molar refractivity (Wildman–Crippen MR) is 82.4 cm³/mol. The molecule has 2 fully saturated rings. The number of rotatable bonds is 4. The third-order valence-electron chi connectivity index (χ3n) is 4.92. The van der Waals surface area contributed by atoms with Gasteiger partial charge < -0.3 is 10.2 Å². The van der Waals surface area contributed by atoms with E-state index in [1.807, 2.05) is 0 Å². The lowest BCUT2D eigenvalue weighted by molar-refractivity contribution is -0.141. The van der Waals surface area contributed by atoms with Crippen LogP contribution in [-0.2, 0) is 6.18 Å². The number of nitrogens with zero attached hydrogens (tertiary/aromatic N) is 3. The molecule has 0 spiro atoms. The second kappa shape index (κ2) is 6.64. The van der Waals surface area contributed by atoms with Crippen LogP contribution in [0.5, 0.6) is 0 Å². The summed E-state index contributed by atoms with van der Waals surface area (Å²) in [5.41, 5.74) is -0.863. The zero-order chi connectivity index (χ0) is 17.3. The van der Waals surface area contributed by atoms with Gasteiger partial charge in [0.25, 0.3) is 0 Å². The maximum Gasteiger partial charge on any atom is 0.435 e. The molecule has 24 heavy (non-hydrogen) atoms. The fourth-order valence-electron chi connectivity index (χ4n) is 3.39. The summed E-state index contributed by atoms with van der Waals surface area (Å²) < 4.78 is 39.2. The van der Waals surface area contributed by atoms with Crippen molar-refractivity contribution >= 4 is 6.03 Å². The molecule has 0 bridgehead atoms. The van der Waals surface area contributed by atoms with Crippen molar-refractivity contribution in [1.29, 1.82) is 0 Å². The highest BCUT2D eigenvalue weighted by atomic mass is 19.4. The topological polar surface area (TPSA) is 50.2 Å². The number of amides is 2. The summed E-state index contributed by atoms with van der Waals surface area (Å²) in [7, 11) is 0. The van der Waals surface area contributed by atoms with Crippen molar-refractivity contribution in [3.05, 3.63) is 18.0 Å². The highest BCUT2D eigenvalue weighted by Crippen LogP contribution is 2.35. The third kappa shape index (κ3) is 3.84. The molecule has 134 valence electrons. The number of hydrogen-bond acceptors (Lipinski definition) is 2. The van der Waals surface area contributed by atoms with E-state index in [2.05, 4.69) is 17.3 Å². The van der Waals surface area contributed by atoms with Gasteiger partial charge in [0, 0.05) is 25.3 Å².